The van der Waals surface area contributed by atoms with Gasteiger partial charge in [-0.3, -0.25) is 0 Å². The van der Waals surface area contributed by atoms with Gasteiger partial charge in [0.15, 0.2) is 0 Å². The van der Waals surface area contributed by atoms with E-state index in [1.54, 1.807) is 18.2 Å². The molecule has 0 aliphatic heterocycles. The van der Waals surface area contributed by atoms with Crippen LogP contribution in [0.3, 0.4) is 0 Å². The molecule has 0 saturated heterocycles. The van der Waals surface area contributed by atoms with Gasteiger partial charge in [-0.15, -0.1) is 0 Å². The first-order chi connectivity index (χ1) is 4.72. The van der Waals surface area contributed by atoms with Gasteiger partial charge in [0.2, 0.25) is 0 Å². The molecule has 0 spiro atoms. The van der Waals surface area contributed by atoms with Crippen molar-refractivity contribution in [2.45, 2.75) is 0 Å². The maximum atomic E-state index is 10.3. The summed E-state index contributed by atoms with van der Waals surface area (Å²) in [4.78, 5) is 10.3. The maximum absolute atomic E-state index is 10.3. The smallest absolute Gasteiger partial charge is 0.337 e. The van der Waals surface area contributed by atoms with Crippen molar-refractivity contribution in [3.63, 3.8) is 0 Å². The number of anilines is 1. The Balaban J connectivity index is 0.000001000. The van der Waals surface area contributed by atoms with Gasteiger partial charge >= 0.3 is 5.97 Å². The van der Waals surface area contributed by atoms with E-state index in [4.69, 9.17) is 10.8 Å². The van der Waals surface area contributed by atoms with Crippen LogP contribution in [0.2, 0.25) is 0 Å². The molecule has 0 radical (unpaired) electrons. The lowest BCUT2D eigenvalue weighted by atomic mass is 10.2. The number of hydrogen-bond donors (Lipinski definition) is 2. The number of benzene rings is 1. The average Bonchev–Trinajstić information content (AvgIpc) is 1.88. The van der Waals surface area contributed by atoms with E-state index in [0.717, 1.165) is 0 Å². The normalized spacial score (nSPS) is 8.36. The highest BCUT2D eigenvalue weighted by atomic mass is 32.1. The number of carboxylic acid groups (broad SMARTS) is 1. The highest BCUT2D eigenvalue weighted by Crippen LogP contribution is 2.08. The molecule has 0 aromatic heterocycles. The Hall–Kier alpha value is -1.16. The van der Waals surface area contributed by atoms with Crippen molar-refractivity contribution in [3.05, 3.63) is 29.8 Å². The van der Waals surface area contributed by atoms with Gasteiger partial charge in [-0.05, 0) is 12.1 Å². The van der Waals surface area contributed by atoms with E-state index in [2.05, 4.69) is 0 Å². The number of aromatic carboxylic acids is 1. The number of carboxylic acids is 1. The van der Waals surface area contributed by atoms with Crippen molar-refractivity contribution >= 4 is 25.2 Å². The van der Waals surface area contributed by atoms with Crippen LogP contribution in [0.4, 0.5) is 5.69 Å². The third kappa shape index (κ3) is 2.16. The second-order valence-corrected chi connectivity index (χ2v) is 1.89. The van der Waals surface area contributed by atoms with E-state index in [-0.39, 0.29) is 19.1 Å². The molecule has 1 aromatic carbocycles. The number of carbonyl (C=O) groups is 1. The van der Waals surface area contributed by atoms with Crippen LogP contribution >= 0.6 is 13.5 Å². The molecule has 1 rings (SSSR count). The van der Waals surface area contributed by atoms with E-state index in [0.29, 0.717) is 5.69 Å². The van der Waals surface area contributed by atoms with Crippen LogP contribution in [-0.4, -0.2) is 11.1 Å². The largest absolute Gasteiger partial charge is 0.478 e. The van der Waals surface area contributed by atoms with Crippen LogP contribution in [0.25, 0.3) is 0 Å². The third-order valence-corrected chi connectivity index (χ3v) is 1.19. The van der Waals surface area contributed by atoms with E-state index in [1.807, 2.05) is 0 Å². The minimum Gasteiger partial charge on any atom is -0.478 e. The van der Waals surface area contributed by atoms with Crippen LogP contribution in [-0.2, 0) is 0 Å². The van der Waals surface area contributed by atoms with Crippen molar-refractivity contribution in [2.75, 3.05) is 5.73 Å². The molecule has 3 nitrogen and oxygen atoms in total. The molecule has 0 unspecified atom stereocenters. The molecule has 0 fully saturated rings. The minimum atomic E-state index is -0.988. The van der Waals surface area contributed by atoms with E-state index in [9.17, 15) is 4.79 Å². The summed E-state index contributed by atoms with van der Waals surface area (Å²) in [6.07, 6.45) is 0. The van der Waals surface area contributed by atoms with Crippen LogP contribution < -0.4 is 5.73 Å². The molecule has 0 atom stereocenters. The van der Waals surface area contributed by atoms with Gasteiger partial charge in [0.1, 0.15) is 0 Å². The van der Waals surface area contributed by atoms with Crippen molar-refractivity contribution in [1.82, 2.24) is 0 Å². The zero-order valence-corrected chi connectivity index (χ0v) is 6.74. The second-order valence-electron chi connectivity index (χ2n) is 1.89. The third-order valence-electron chi connectivity index (χ3n) is 1.19. The Kier molecular flexibility index (Phi) is 3.47. The lowest BCUT2D eigenvalue weighted by Gasteiger charge is -1.96. The second kappa shape index (κ2) is 3.88. The van der Waals surface area contributed by atoms with Gasteiger partial charge in [0.25, 0.3) is 0 Å². The lowest BCUT2D eigenvalue weighted by molar-refractivity contribution is 0.0698. The predicted molar refractivity (Wildman–Crippen MR) is 48.2 cm³/mol. The Morgan fingerprint density at radius 1 is 1.36 bits per heavy atom. The van der Waals surface area contributed by atoms with Crippen molar-refractivity contribution in [3.8, 4) is 0 Å². The molecule has 11 heavy (non-hydrogen) atoms. The van der Waals surface area contributed by atoms with Gasteiger partial charge in [-0.1, -0.05) is 12.1 Å². The summed E-state index contributed by atoms with van der Waals surface area (Å²) in [5.74, 6) is -0.988. The Labute approximate surface area is 71.3 Å². The molecule has 1 aromatic rings. The van der Waals surface area contributed by atoms with Crippen molar-refractivity contribution in [1.29, 1.82) is 0 Å². The van der Waals surface area contributed by atoms with Crippen LogP contribution in [0.5, 0.6) is 0 Å². The molecule has 0 heterocycles. The molecule has 0 aliphatic carbocycles. The first-order valence-corrected chi connectivity index (χ1v) is 2.79. The summed E-state index contributed by atoms with van der Waals surface area (Å²) >= 11 is 0. The summed E-state index contributed by atoms with van der Waals surface area (Å²) in [6, 6.07) is 6.36. The standard InChI is InChI=1S/C7H7NO2.H2S/c8-6-4-2-1-3-5(6)7(9)10;/h1-4H,8H2,(H,9,10);1H2. The van der Waals surface area contributed by atoms with Crippen molar-refractivity contribution in [2.24, 2.45) is 0 Å². The fraction of sp³-hybridized carbons (Fsp3) is 0. The summed E-state index contributed by atoms with van der Waals surface area (Å²) in [5.41, 5.74) is 5.80. The van der Waals surface area contributed by atoms with E-state index >= 15 is 0 Å². The van der Waals surface area contributed by atoms with E-state index in [1.165, 1.54) is 6.07 Å². The molecule has 60 valence electrons. The topological polar surface area (TPSA) is 63.3 Å². The minimum absolute atomic E-state index is 0. The summed E-state index contributed by atoms with van der Waals surface area (Å²) in [6.45, 7) is 0. The molecule has 0 amide bonds. The number of hydrogen-bond acceptors (Lipinski definition) is 2. The number of nitrogens with two attached hydrogens (primary N) is 1. The monoisotopic (exact) mass is 171 g/mol. The quantitative estimate of drug-likeness (QED) is 0.621. The zero-order chi connectivity index (χ0) is 7.56. The first-order valence-electron chi connectivity index (χ1n) is 2.79. The fourth-order valence-corrected chi connectivity index (χ4v) is 0.692. The maximum Gasteiger partial charge on any atom is 0.337 e. The Morgan fingerprint density at radius 2 is 1.91 bits per heavy atom. The molecule has 4 heteroatoms. The predicted octanol–water partition coefficient (Wildman–Crippen LogP) is 1.08. The first kappa shape index (κ1) is 9.84. The molecule has 0 saturated carbocycles. The number of para-hydroxylation sites is 1. The highest BCUT2D eigenvalue weighted by molar-refractivity contribution is 7.59. The lowest BCUT2D eigenvalue weighted by Crippen LogP contribution is -2.00. The van der Waals surface area contributed by atoms with E-state index < -0.39 is 5.97 Å². The molecule has 3 N–H and O–H groups in total. The van der Waals surface area contributed by atoms with Crippen molar-refractivity contribution < 1.29 is 9.90 Å². The molecular formula is C7H9NO2S. The van der Waals surface area contributed by atoms with Gasteiger partial charge in [0.05, 0.1) is 5.56 Å². The summed E-state index contributed by atoms with van der Waals surface area (Å²) in [5, 5.41) is 8.49. The summed E-state index contributed by atoms with van der Waals surface area (Å²) < 4.78 is 0. The average molecular weight is 171 g/mol. The SMILES string of the molecule is Nc1ccccc1C(=O)O.S. The van der Waals surface area contributed by atoms with Gasteiger partial charge < -0.3 is 10.8 Å². The van der Waals surface area contributed by atoms with Gasteiger partial charge in [-0.2, -0.15) is 13.5 Å². The number of nitrogen functional groups attached to an aromatic ring is 1. The number of rotatable bonds is 1. The van der Waals surface area contributed by atoms with Crippen LogP contribution in [0.1, 0.15) is 10.4 Å². The molecular weight excluding hydrogens is 162 g/mol. The van der Waals surface area contributed by atoms with Crippen LogP contribution in [0, 0.1) is 0 Å². The molecule has 0 bridgehead atoms. The van der Waals surface area contributed by atoms with Gasteiger partial charge in [-0.25, -0.2) is 4.79 Å². The van der Waals surface area contributed by atoms with Crippen LogP contribution in [0.15, 0.2) is 24.3 Å². The fourth-order valence-electron chi connectivity index (χ4n) is 0.692. The van der Waals surface area contributed by atoms with Gasteiger partial charge in [0, 0.05) is 5.69 Å². The Bertz CT molecular complexity index is 262. The summed E-state index contributed by atoms with van der Waals surface area (Å²) in [7, 11) is 0. The highest BCUT2D eigenvalue weighted by Gasteiger charge is 2.03. The Morgan fingerprint density at radius 3 is 2.27 bits per heavy atom. The zero-order valence-electron chi connectivity index (χ0n) is 5.74. The molecule has 0 aliphatic rings.